The Bertz CT molecular complexity index is 1380. The number of esters is 1. The average Bonchev–Trinajstić information content (AvgIpc) is 2.91. The number of benzene rings is 3. The maximum Gasteiger partial charge on any atom is 0.338 e. The van der Waals surface area contributed by atoms with Crippen LogP contribution in [0.3, 0.4) is 0 Å². The fourth-order valence-corrected chi connectivity index (χ4v) is 3.96. The Morgan fingerprint density at radius 3 is 2.10 bits per heavy atom. The molecule has 1 aliphatic rings. The van der Waals surface area contributed by atoms with Crippen LogP contribution in [0.1, 0.15) is 21.5 Å². The maximum absolute atomic E-state index is 12.7. The van der Waals surface area contributed by atoms with Crippen molar-refractivity contribution in [2.75, 3.05) is 6.61 Å². The largest absolute Gasteiger partial charge is 0.508 e. The van der Waals surface area contributed by atoms with Gasteiger partial charge in [0.2, 0.25) is 6.29 Å². The van der Waals surface area contributed by atoms with Gasteiger partial charge in [-0.25, -0.2) is 4.79 Å². The van der Waals surface area contributed by atoms with E-state index in [0.29, 0.717) is 5.56 Å². The number of aliphatic hydroxyl groups excluding tert-OH is 3. The van der Waals surface area contributed by atoms with Gasteiger partial charge in [0.25, 0.3) is 0 Å². The summed E-state index contributed by atoms with van der Waals surface area (Å²) in [4.78, 5) is 12.7. The second kappa shape index (κ2) is 11.6. The standard InChI is InChI=1S/C27H26O13/c28-11-20-22(35)25(39-26(37)14-8-17(31)21(34)18(32)9-14)23(36)27(38-20)40-24-13(7-16(30)10-19(24)33)4-1-12-2-5-15(29)6-3-12/h1-10,20,22-23,25,27-36H,11H2/b4-1+/t20-,22-,23-,25+,27+/m1/s1. The Kier molecular flexibility index (Phi) is 8.21. The Morgan fingerprint density at radius 2 is 1.48 bits per heavy atom. The van der Waals surface area contributed by atoms with E-state index in [-0.39, 0.29) is 22.8 Å². The monoisotopic (exact) mass is 558 g/mol. The van der Waals surface area contributed by atoms with Gasteiger partial charge >= 0.3 is 5.97 Å². The number of hydrogen-bond acceptors (Lipinski definition) is 13. The highest BCUT2D eigenvalue weighted by Crippen LogP contribution is 2.39. The van der Waals surface area contributed by atoms with Crippen LogP contribution in [-0.2, 0) is 9.47 Å². The van der Waals surface area contributed by atoms with Crippen LogP contribution in [0.25, 0.3) is 12.2 Å². The molecule has 1 fully saturated rings. The zero-order valence-corrected chi connectivity index (χ0v) is 20.5. The molecule has 0 bridgehead atoms. The van der Waals surface area contributed by atoms with E-state index in [1.165, 1.54) is 24.3 Å². The zero-order valence-electron chi connectivity index (χ0n) is 20.5. The molecule has 4 rings (SSSR count). The number of carbonyl (C=O) groups is 1. The van der Waals surface area contributed by atoms with Gasteiger partial charge in [0.1, 0.15) is 23.7 Å². The molecular formula is C27H26O13. The van der Waals surface area contributed by atoms with Crippen LogP contribution in [0.4, 0.5) is 0 Å². The summed E-state index contributed by atoms with van der Waals surface area (Å²) in [6, 6.07) is 9.87. The number of phenols is 6. The number of ether oxygens (including phenoxy) is 3. The van der Waals surface area contributed by atoms with E-state index in [0.717, 1.165) is 18.2 Å². The number of carbonyl (C=O) groups excluding carboxylic acids is 1. The van der Waals surface area contributed by atoms with Crippen molar-refractivity contribution in [3.05, 3.63) is 65.2 Å². The fourth-order valence-electron chi connectivity index (χ4n) is 3.96. The van der Waals surface area contributed by atoms with Gasteiger partial charge in [0.05, 0.1) is 12.2 Å². The van der Waals surface area contributed by atoms with E-state index < -0.39 is 71.8 Å². The Balaban J connectivity index is 1.61. The summed E-state index contributed by atoms with van der Waals surface area (Å²) in [5.74, 6) is -4.86. The minimum Gasteiger partial charge on any atom is -0.508 e. The van der Waals surface area contributed by atoms with Gasteiger partial charge in [-0.3, -0.25) is 0 Å². The highest BCUT2D eigenvalue weighted by molar-refractivity contribution is 5.91. The molecule has 0 unspecified atom stereocenters. The van der Waals surface area contributed by atoms with Crippen molar-refractivity contribution in [2.45, 2.75) is 30.7 Å². The molecule has 13 nitrogen and oxygen atoms in total. The molecule has 0 spiro atoms. The van der Waals surface area contributed by atoms with Crippen LogP contribution >= 0.6 is 0 Å². The lowest BCUT2D eigenvalue weighted by molar-refractivity contribution is -0.277. The van der Waals surface area contributed by atoms with Gasteiger partial charge in [-0.2, -0.15) is 0 Å². The topological polar surface area (TPSA) is 227 Å². The fraction of sp³-hybridized carbons (Fsp3) is 0.222. The molecule has 0 aliphatic carbocycles. The number of phenolic OH excluding ortho intramolecular Hbond substituents is 6. The van der Waals surface area contributed by atoms with Crippen molar-refractivity contribution in [3.63, 3.8) is 0 Å². The minimum absolute atomic E-state index is 0.0505. The lowest BCUT2D eigenvalue weighted by atomic mass is 9.98. The van der Waals surface area contributed by atoms with Crippen LogP contribution in [0.5, 0.6) is 40.2 Å². The van der Waals surface area contributed by atoms with Gasteiger partial charge in [-0.05, 0) is 35.9 Å². The van der Waals surface area contributed by atoms with Gasteiger partial charge in [0, 0.05) is 11.6 Å². The SMILES string of the molecule is O=C(O[C@@H]1[C@@H](O)[C@H](Oc2c(O)cc(O)cc2/C=C/c2ccc(O)cc2)O[C@H](CO)[C@H]1O)c1cc(O)c(O)c(O)c1. The van der Waals surface area contributed by atoms with Crippen molar-refractivity contribution in [2.24, 2.45) is 0 Å². The first-order valence-corrected chi connectivity index (χ1v) is 11.8. The molecule has 5 atom stereocenters. The van der Waals surface area contributed by atoms with E-state index in [9.17, 15) is 50.8 Å². The molecule has 0 amide bonds. The summed E-state index contributed by atoms with van der Waals surface area (Å²) >= 11 is 0. The van der Waals surface area contributed by atoms with Gasteiger partial charge < -0.3 is 60.2 Å². The molecule has 3 aromatic carbocycles. The van der Waals surface area contributed by atoms with Crippen LogP contribution in [0.15, 0.2) is 48.5 Å². The zero-order chi connectivity index (χ0) is 29.1. The summed E-state index contributed by atoms with van der Waals surface area (Å²) in [6.45, 7) is -0.794. The molecule has 3 aromatic rings. The van der Waals surface area contributed by atoms with Crippen molar-refractivity contribution in [1.29, 1.82) is 0 Å². The van der Waals surface area contributed by atoms with E-state index in [1.54, 1.807) is 18.2 Å². The van der Waals surface area contributed by atoms with Crippen molar-refractivity contribution in [3.8, 4) is 40.2 Å². The van der Waals surface area contributed by atoms with Gasteiger partial charge in [-0.15, -0.1) is 0 Å². The summed E-state index contributed by atoms with van der Waals surface area (Å²) in [7, 11) is 0. The second-order valence-corrected chi connectivity index (χ2v) is 8.87. The third kappa shape index (κ3) is 5.97. The first kappa shape index (κ1) is 28.3. The lowest BCUT2D eigenvalue weighted by Crippen LogP contribution is -2.61. The van der Waals surface area contributed by atoms with E-state index >= 15 is 0 Å². The predicted molar refractivity (Wildman–Crippen MR) is 136 cm³/mol. The molecule has 212 valence electrons. The Hall–Kier alpha value is -4.69. The second-order valence-electron chi connectivity index (χ2n) is 8.87. The molecule has 40 heavy (non-hydrogen) atoms. The van der Waals surface area contributed by atoms with Gasteiger partial charge in [0.15, 0.2) is 41.0 Å². The van der Waals surface area contributed by atoms with Crippen LogP contribution in [-0.4, -0.2) is 89.2 Å². The van der Waals surface area contributed by atoms with E-state index in [1.807, 2.05) is 0 Å². The van der Waals surface area contributed by atoms with Crippen LogP contribution in [0.2, 0.25) is 0 Å². The molecule has 1 heterocycles. The average molecular weight is 558 g/mol. The van der Waals surface area contributed by atoms with Crippen molar-refractivity contribution < 1.29 is 65.0 Å². The van der Waals surface area contributed by atoms with Crippen LogP contribution < -0.4 is 4.74 Å². The minimum atomic E-state index is -1.90. The molecule has 1 saturated heterocycles. The predicted octanol–water partition coefficient (Wildman–Crippen LogP) is 1.13. The Morgan fingerprint density at radius 1 is 0.825 bits per heavy atom. The quantitative estimate of drug-likeness (QED) is 0.113. The van der Waals surface area contributed by atoms with Crippen molar-refractivity contribution in [1.82, 2.24) is 0 Å². The molecular weight excluding hydrogens is 532 g/mol. The summed E-state index contributed by atoms with van der Waals surface area (Å²) < 4.78 is 16.3. The molecule has 1 aliphatic heterocycles. The lowest BCUT2D eigenvalue weighted by Gasteiger charge is -2.41. The molecule has 9 N–H and O–H groups in total. The molecule has 13 heteroatoms. The number of aromatic hydroxyl groups is 6. The first-order chi connectivity index (χ1) is 19.0. The van der Waals surface area contributed by atoms with E-state index in [4.69, 9.17) is 14.2 Å². The van der Waals surface area contributed by atoms with E-state index in [2.05, 4.69) is 0 Å². The molecule has 0 saturated carbocycles. The van der Waals surface area contributed by atoms with Crippen molar-refractivity contribution >= 4 is 18.1 Å². The van der Waals surface area contributed by atoms with Gasteiger partial charge in [-0.1, -0.05) is 24.3 Å². The smallest absolute Gasteiger partial charge is 0.338 e. The third-order valence-corrected chi connectivity index (χ3v) is 6.04. The normalized spacial score (nSPS) is 22.7. The first-order valence-electron chi connectivity index (χ1n) is 11.8. The number of rotatable bonds is 7. The Labute approximate surface area is 226 Å². The summed E-state index contributed by atoms with van der Waals surface area (Å²) in [5.41, 5.74) is 0.327. The van der Waals surface area contributed by atoms with Crippen LogP contribution in [0, 0.1) is 0 Å². The third-order valence-electron chi connectivity index (χ3n) is 6.04. The number of hydrogen-bond donors (Lipinski definition) is 9. The summed E-state index contributed by atoms with van der Waals surface area (Å²) in [5, 5.41) is 90.0. The molecule has 0 aromatic heterocycles. The maximum atomic E-state index is 12.7. The highest BCUT2D eigenvalue weighted by Gasteiger charge is 2.48. The highest BCUT2D eigenvalue weighted by atomic mass is 16.7. The molecule has 0 radical (unpaired) electrons. The number of aliphatic hydroxyl groups is 3. The summed E-state index contributed by atoms with van der Waals surface area (Å²) in [6.07, 6.45) is -5.55.